The molecular formula is C12H16BrFO7. The van der Waals surface area contributed by atoms with Gasteiger partial charge in [-0.05, 0) is 0 Å². The molecule has 9 heteroatoms. The van der Waals surface area contributed by atoms with Gasteiger partial charge in [0.25, 0.3) is 0 Å². The van der Waals surface area contributed by atoms with E-state index in [1.54, 1.807) is 0 Å². The highest BCUT2D eigenvalue weighted by Gasteiger charge is 2.49. The minimum absolute atomic E-state index is 0.328. The highest BCUT2D eigenvalue weighted by Crippen LogP contribution is 2.31. The minimum atomic E-state index is -1.82. The quantitative estimate of drug-likeness (QED) is 0.412. The zero-order chi connectivity index (χ0) is 16.2. The molecule has 1 rings (SSSR count). The molecule has 0 aromatic heterocycles. The zero-order valence-corrected chi connectivity index (χ0v) is 13.3. The minimum Gasteiger partial charge on any atom is -0.463 e. The van der Waals surface area contributed by atoms with E-state index >= 15 is 0 Å². The first-order valence-corrected chi connectivity index (χ1v) is 7.05. The lowest BCUT2D eigenvalue weighted by molar-refractivity contribution is -0.230. The molecule has 7 nitrogen and oxygen atoms in total. The molecule has 120 valence electrons. The second-order valence-electron chi connectivity index (χ2n) is 4.42. The van der Waals surface area contributed by atoms with Crippen LogP contribution in [0.3, 0.4) is 0 Å². The predicted octanol–water partition coefficient (Wildman–Crippen LogP) is 0.871. The average molecular weight is 371 g/mol. The molecule has 1 aliphatic rings. The largest absolute Gasteiger partial charge is 0.463 e. The Bertz CT molecular complexity index is 416. The van der Waals surface area contributed by atoms with Crippen LogP contribution in [0.1, 0.15) is 20.8 Å². The smallest absolute Gasteiger partial charge is 0.303 e. The Labute approximate surface area is 129 Å². The van der Waals surface area contributed by atoms with E-state index < -0.39 is 47.4 Å². The summed E-state index contributed by atoms with van der Waals surface area (Å²) in [7, 11) is 0. The van der Waals surface area contributed by atoms with Crippen LogP contribution < -0.4 is 0 Å². The third-order valence-electron chi connectivity index (χ3n) is 2.61. The molecule has 0 unspecified atom stereocenters. The van der Waals surface area contributed by atoms with Crippen molar-refractivity contribution in [2.45, 2.75) is 50.3 Å². The van der Waals surface area contributed by atoms with Gasteiger partial charge in [0.1, 0.15) is 17.5 Å². The van der Waals surface area contributed by atoms with Crippen molar-refractivity contribution in [1.29, 1.82) is 0 Å². The summed E-state index contributed by atoms with van der Waals surface area (Å²) >= 11 is 3.01. The molecule has 0 radical (unpaired) electrons. The molecule has 0 aliphatic carbocycles. The van der Waals surface area contributed by atoms with Gasteiger partial charge in [0.2, 0.25) is 6.36 Å². The van der Waals surface area contributed by atoms with Crippen molar-refractivity contribution in [2.75, 3.05) is 6.61 Å². The fourth-order valence-electron chi connectivity index (χ4n) is 1.85. The number of halogens is 2. The summed E-state index contributed by atoms with van der Waals surface area (Å²) in [5, 5.41) is 0. The number of rotatable bonds is 4. The van der Waals surface area contributed by atoms with Crippen molar-refractivity contribution in [1.82, 2.24) is 0 Å². The van der Waals surface area contributed by atoms with Crippen LogP contribution in [0.15, 0.2) is 0 Å². The number of alkyl halides is 2. The van der Waals surface area contributed by atoms with Crippen molar-refractivity contribution in [2.24, 2.45) is 0 Å². The summed E-state index contributed by atoms with van der Waals surface area (Å²) in [6.07, 6.45) is -5.09. The van der Waals surface area contributed by atoms with E-state index in [4.69, 9.17) is 18.9 Å². The summed E-state index contributed by atoms with van der Waals surface area (Å²) in [5.41, 5.74) is 0. The second kappa shape index (κ2) is 7.69. The molecule has 1 fully saturated rings. The van der Waals surface area contributed by atoms with Gasteiger partial charge in [-0.3, -0.25) is 14.4 Å². The van der Waals surface area contributed by atoms with Crippen LogP contribution in [0.2, 0.25) is 0 Å². The van der Waals surface area contributed by atoms with Crippen molar-refractivity contribution in [3.63, 3.8) is 0 Å². The van der Waals surface area contributed by atoms with Gasteiger partial charge in [-0.1, -0.05) is 15.9 Å². The lowest BCUT2D eigenvalue weighted by atomic mass is 10.0. The Hall–Kier alpha value is -1.22. The average Bonchev–Trinajstić information content (AvgIpc) is 2.35. The predicted molar refractivity (Wildman–Crippen MR) is 70.2 cm³/mol. The number of carbonyl (C=O) groups is 3. The van der Waals surface area contributed by atoms with E-state index in [2.05, 4.69) is 15.9 Å². The summed E-state index contributed by atoms with van der Waals surface area (Å²) in [5.74, 6) is -1.92. The maximum atomic E-state index is 13.8. The topological polar surface area (TPSA) is 88.1 Å². The summed E-state index contributed by atoms with van der Waals surface area (Å²) in [6.45, 7) is 3.14. The van der Waals surface area contributed by atoms with Crippen molar-refractivity contribution in [3.8, 4) is 0 Å². The lowest BCUT2D eigenvalue weighted by Gasteiger charge is -2.40. The number of esters is 3. The van der Waals surface area contributed by atoms with Crippen LogP contribution in [-0.4, -0.2) is 54.0 Å². The molecule has 0 aromatic rings. The van der Waals surface area contributed by atoms with Crippen LogP contribution in [0.5, 0.6) is 0 Å². The molecule has 1 aliphatic heterocycles. The van der Waals surface area contributed by atoms with Gasteiger partial charge in [0.05, 0.1) is 0 Å². The monoisotopic (exact) mass is 370 g/mol. The molecule has 0 saturated carbocycles. The Kier molecular flexibility index (Phi) is 6.53. The fraction of sp³-hybridized carbons (Fsp3) is 0.750. The van der Waals surface area contributed by atoms with Gasteiger partial charge in [-0.25, -0.2) is 4.39 Å². The summed E-state index contributed by atoms with van der Waals surface area (Å²) in [6, 6.07) is 0. The summed E-state index contributed by atoms with van der Waals surface area (Å²) in [4.78, 5) is 32.1. The highest BCUT2D eigenvalue weighted by molar-refractivity contribution is 9.09. The SMILES string of the molecule is CC(=O)OC[C@H]1O[C@@H](F)[C@@H](Br)[C@@H](OC(C)=O)[C@@H]1OC(C)=O. The first-order valence-electron chi connectivity index (χ1n) is 6.13. The van der Waals surface area contributed by atoms with Crippen molar-refractivity contribution >= 4 is 33.8 Å². The molecule has 0 N–H and O–H groups in total. The molecule has 5 atom stereocenters. The maximum Gasteiger partial charge on any atom is 0.303 e. The van der Waals surface area contributed by atoms with Gasteiger partial charge in [0, 0.05) is 20.8 Å². The second-order valence-corrected chi connectivity index (χ2v) is 5.48. The van der Waals surface area contributed by atoms with Gasteiger partial charge < -0.3 is 18.9 Å². The standard InChI is InChI=1S/C12H16BrFO7/c1-5(15)18-4-8-10(19-6(2)16)11(20-7(3)17)9(13)12(14)21-8/h8-12H,4H2,1-3H3/t8-,9+,10-,11-,12-/m1/s1. The normalized spacial score (nSPS) is 32.1. The van der Waals surface area contributed by atoms with Crippen LogP contribution in [0.25, 0.3) is 0 Å². The number of hydrogen-bond acceptors (Lipinski definition) is 7. The van der Waals surface area contributed by atoms with E-state index in [1.165, 1.54) is 6.92 Å². The van der Waals surface area contributed by atoms with E-state index in [1.807, 2.05) is 0 Å². The first-order chi connectivity index (χ1) is 9.72. The van der Waals surface area contributed by atoms with Gasteiger partial charge in [-0.15, -0.1) is 0 Å². The van der Waals surface area contributed by atoms with Gasteiger partial charge in [-0.2, -0.15) is 0 Å². The van der Waals surface area contributed by atoms with E-state index in [0.29, 0.717) is 0 Å². The zero-order valence-electron chi connectivity index (χ0n) is 11.7. The van der Waals surface area contributed by atoms with Crippen LogP contribution in [0.4, 0.5) is 4.39 Å². The Morgan fingerprint density at radius 3 is 2.05 bits per heavy atom. The molecule has 0 amide bonds. The summed E-state index contributed by atoms with van der Waals surface area (Å²) < 4.78 is 33.6. The first kappa shape index (κ1) is 17.8. The molecule has 0 bridgehead atoms. The third-order valence-corrected chi connectivity index (χ3v) is 3.55. The molecule has 1 heterocycles. The van der Waals surface area contributed by atoms with E-state index in [0.717, 1.165) is 13.8 Å². The third kappa shape index (κ3) is 5.24. The number of carbonyl (C=O) groups excluding carboxylic acids is 3. The molecule has 21 heavy (non-hydrogen) atoms. The highest BCUT2D eigenvalue weighted by atomic mass is 79.9. The van der Waals surface area contributed by atoms with E-state index in [-0.39, 0.29) is 6.61 Å². The van der Waals surface area contributed by atoms with Crippen molar-refractivity contribution in [3.05, 3.63) is 0 Å². The molecule has 0 aromatic carbocycles. The molecular weight excluding hydrogens is 355 g/mol. The lowest BCUT2D eigenvalue weighted by Crippen LogP contribution is -2.58. The Morgan fingerprint density at radius 2 is 1.57 bits per heavy atom. The fourth-order valence-corrected chi connectivity index (χ4v) is 2.39. The van der Waals surface area contributed by atoms with Gasteiger partial charge in [0.15, 0.2) is 12.2 Å². The van der Waals surface area contributed by atoms with Crippen LogP contribution in [-0.2, 0) is 33.3 Å². The number of hydrogen-bond donors (Lipinski definition) is 0. The Balaban J connectivity index is 2.94. The van der Waals surface area contributed by atoms with Crippen LogP contribution >= 0.6 is 15.9 Å². The van der Waals surface area contributed by atoms with Crippen molar-refractivity contribution < 1.29 is 37.7 Å². The number of ether oxygens (including phenoxy) is 4. The molecule has 1 saturated heterocycles. The maximum absolute atomic E-state index is 13.8. The van der Waals surface area contributed by atoms with E-state index in [9.17, 15) is 18.8 Å². The van der Waals surface area contributed by atoms with Gasteiger partial charge >= 0.3 is 17.9 Å². The van der Waals surface area contributed by atoms with Crippen LogP contribution in [0, 0.1) is 0 Å². The Morgan fingerprint density at radius 1 is 1.05 bits per heavy atom. The molecule has 0 spiro atoms.